The van der Waals surface area contributed by atoms with Crippen molar-refractivity contribution in [2.75, 3.05) is 7.11 Å². The van der Waals surface area contributed by atoms with Crippen LogP contribution >= 0.6 is 11.6 Å². The lowest BCUT2D eigenvalue weighted by molar-refractivity contribution is 0.201. The van der Waals surface area contributed by atoms with Crippen LogP contribution in [-0.4, -0.2) is 23.4 Å². The van der Waals surface area contributed by atoms with Crippen molar-refractivity contribution in [3.63, 3.8) is 0 Å². The number of fused-ring (bicyclic) bond motifs is 1. The number of hydrogen-bond acceptors (Lipinski definition) is 6. The minimum Gasteiger partial charge on any atom is -0.508 e. The van der Waals surface area contributed by atoms with Crippen molar-refractivity contribution in [1.29, 1.82) is 0 Å². The monoisotopic (exact) mass is 402 g/mol. The molecule has 1 saturated carbocycles. The van der Waals surface area contributed by atoms with Gasteiger partial charge >= 0.3 is 0 Å². The van der Waals surface area contributed by atoms with Gasteiger partial charge in [-0.1, -0.05) is 11.6 Å². The van der Waals surface area contributed by atoms with Crippen molar-refractivity contribution in [2.45, 2.75) is 31.8 Å². The first-order chi connectivity index (χ1) is 13.5. The summed E-state index contributed by atoms with van der Waals surface area (Å²) in [6.07, 6.45) is 4.35. The molecule has 0 aliphatic heterocycles. The summed E-state index contributed by atoms with van der Waals surface area (Å²) in [4.78, 5) is 12.7. The van der Waals surface area contributed by atoms with E-state index in [-0.39, 0.29) is 33.6 Å². The van der Waals surface area contributed by atoms with Gasteiger partial charge in [0.15, 0.2) is 17.3 Å². The summed E-state index contributed by atoms with van der Waals surface area (Å²) < 4.78 is 17.2. The highest BCUT2D eigenvalue weighted by atomic mass is 35.5. The van der Waals surface area contributed by atoms with Gasteiger partial charge in [0.05, 0.1) is 13.2 Å². The second-order valence-corrected chi connectivity index (χ2v) is 7.18. The molecule has 0 spiro atoms. The Kier molecular flexibility index (Phi) is 4.81. The Hall–Kier alpha value is -2.86. The van der Waals surface area contributed by atoms with Crippen LogP contribution in [0.3, 0.4) is 0 Å². The smallest absolute Gasteiger partial charge is 0.215 e. The van der Waals surface area contributed by atoms with Crippen LogP contribution in [0.5, 0.6) is 23.0 Å². The van der Waals surface area contributed by atoms with E-state index < -0.39 is 11.2 Å². The predicted octanol–water partition coefficient (Wildman–Crippen LogP) is 4.85. The number of halogens is 1. The Bertz CT molecular complexity index is 1100. The molecule has 7 heteroatoms. The highest BCUT2D eigenvalue weighted by molar-refractivity contribution is 6.33. The second-order valence-electron chi connectivity index (χ2n) is 6.80. The number of methoxy groups -OCH3 is 1. The third-order valence-corrected chi connectivity index (χ3v) is 5.27. The van der Waals surface area contributed by atoms with Gasteiger partial charge in [0, 0.05) is 17.7 Å². The molecule has 4 rings (SSSR count). The third kappa shape index (κ3) is 3.24. The van der Waals surface area contributed by atoms with Crippen LogP contribution in [0.4, 0.5) is 0 Å². The quantitative estimate of drug-likeness (QED) is 0.648. The van der Waals surface area contributed by atoms with Gasteiger partial charge in [-0.3, -0.25) is 4.79 Å². The highest BCUT2D eigenvalue weighted by Crippen LogP contribution is 2.39. The van der Waals surface area contributed by atoms with Gasteiger partial charge in [-0.05, 0) is 43.9 Å². The van der Waals surface area contributed by atoms with Crippen LogP contribution in [0.15, 0.2) is 39.5 Å². The average Bonchev–Trinajstić information content (AvgIpc) is 3.17. The highest BCUT2D eigenvalue weighted by Gasteiger charge is 2.22. The summed E-state index contributed by atoms with van der Waals surface area (Å²) in [5, 5.41) is 19.4. The van der Waals surface area contributed by atoms with Crippen molar-refractivity contribution >= 4 is 22.6 Å². The van der Waals surface area contributed by atoms with Crippen LogP contribution in [0.2, 0.25) is 5.02 Å². The lowest BCUT2D eigenvalue weighted by atomic mass is 10.1. The Morgan fingerprint density at radius 2 is 1.86 bits per heavy atom. The predicted molar refractivity (Wildman–Crippen MR) is 106 cm³/mol. The van der Waals surface area contributed by atoms with Crippen molar-refractivity contribution < 1.29 is 24.1 Å². The van der Waals surface area contributed by atoms with Gasteiger partial charge < -0.3 is 24.1 Å². The SMILES string of the molecule is COc1ccc(-c2oc3cc(O)cc(O)c3c(=O)c2Cl)cc1OC1CCCC1. The number of rotatable bonds is 4. The molecule has 1 aromatic heterocycles. The number of benzene rings is 2. The molecule has 1 fully saturated rings. The molecular formula is C21H19ClO6. The fourth-order valence-electron chi connectivity index (χ4n) is 3.54. The largest absolute Gasteiger partial charge is 0.508 e. The van der Waals surface area contributed by atoms with Crippen LogP contribution < -0.4 is 14.9 Å². The molecule has 1 aliphatic carbocycles. The van der Waals surface area contributed by atoms with Gasteiger partial charge in [-0.2, -0.15) is 0 Å². The zero-order chi connectivity index (χ0) is 19.8. The van der Waals surface area contributed by atoms with Crippen LogP contribution in [0.25, 0.3) is 22.3 Å². The standard InChI is InChI=1S/C21H19ClO6/c1-26-15-7-6-11(8-16(15)27-13-4-2-3-5-13)21-19(22)20(25)18-14(24)9-12(23)10-17(18)28-21/h6-10,13,23-24H,2-5H2,1H3. The fraction of sp³-hybridized carbons (Fsp3) is 0.286. The first-order valence-electron chi connectivity index (χ1n) is 9.01. The van der Waals surface area contributed by atoms with E-state index in [0.717, 1.165) is 31.7 Å². The van der Waals surface area contributed by atoms with E-state index in [2.05, 4.69) is 0 Å². The van der Waals surface area contributed by atoms with Crippen molar-refractivity contribution in [1.82, 2.24) is 0 Å². The first kappa shape index (κ1) is 18.5. The third-order valence-electron chi connectivity index (χ3n) is 4.93. The van der Waals surface area contributed by atoms with Gasteiger partial charge in [0.1, 0.15) is 27.5 Å². The maximum atomic E-state index is 12.7. The number of aromatic hydroxyl groups is 2. The van der Waals surface area contributed by atoms with Gasteiger partial charge in [0.2, 0.25) is 5.43 Å². The fourth-order valence-corrected chi connectivity index (χ4v) is 3.79. The molecule has 0 saturated heterocycles. The molecule has 0 atom stereocenters. The second kappa shape index (κ2) is 7.28. The average molecular weight is 403 g/mol. The minimum atomic E-state index is -0.579. The van der Waals surface area contributed by atoms with Crippen LogP contribution in [0, 0.1) is 0 Å². The van der Waals surface area contributed by atoms with E-state index in [4.69, 9.17) is 25.5 Å². The van der Waals surface area contributed by atoms with Gasteiger partial charge in [0.25, 0.3) is 0 Å². The topological polar surface area (TPSA) is 89.1 Å². The number of phenolic OH excluding ortho intramolecular Hbond substituents is 2. The number of hydrogen-bond donors (Lipinski definition) is 2. The summed E-state index contributed by atoms with van der Waals surface area (Å²) in [5.41, 5.74) is -0.0129. The summed E-state index contributed by atoms with van der Waals surface area (Å²) in [5.74, 6) is 0.636. The van der Waals surface area contributed by atoms with Crippen LogP contribution in [-0.2, 0) is 0 Å². The van der Waals surface area contributed by atoms with Crippen molar-refractivity contribution in [3.05, 3.63) is 45.6 Å². The minimum absolute atomic E-state index is 0.0379. The van der Waals surface area contributed by atoms with E-state index >= 15 is 0 Å². The summed E-state index contributed by atoms with van der Waals surface area (Å²) in [6, 6.07) is 7.47. The zero-order valence-corrected chi connectivity index (χ0v) is 16.0. The molecular weight excluding hydrogens is 384 g/mol. The lowest BCUT2D eigenvalue weighted by Crippen LogP contribution is -2.11. The van der Waals surface area contributed by atoms with E-state index in [1.54, 1.807) is 25.3 Å². The van der Waals surface area contributed by atoms with E-state index in [0.29, 0.717) is 17.1 Å². The molecule has 28 heavy (non-hydrogen) atoms. The van der Waals surface area contributed by atoms with Gasteiger partial charge in [-0.15, -0.1) is 0 Å². The van der Waals surface area contributed by atoms with E-state index in [9.17, 15) is 15.0 Å². The van der Waals surface area contributed by atoms with E-state index in [1.807, 2.05) is 0 Å². The zero-order valence-electron chi connectivity index (χ0n) is 15.2. The maximum Gasteiger partial charge on any atom is 0.215 e. The molecule has 0 amide bonds. The molecule has 6 nitrogen and oxygen atoms in total. The number of ether oxygens (including phenoxy) is 2. The summed E-state index contributed by atoms with van der Waals surface area (Å²) in [7, 11) is 1.56. The molecule has 1 aliphatic rings. The Morgan fingerprint density at radius 1 is 1.11 bits per heavy atom. The van der Waals surface area contributed by atoms with Crippen molar-refractivity contribution in [3.8, 4) is 34.3 Å². The van der Waals surface area contributed by atoms with Crippen molar-refractivity contribution in [2.24, 2.45) is 0 Å². The molecule has 2 N–H and O–H groups in total. The normalized spacial score (nSPS) is 14.5. The first-order valence-corrected chi connectivity index (χ1v) is 9.39. The lowest BCUT2D eigenvalue weighted by Gasteiger charge is -2.17. The van der Waals surface area contributed by atoms with Crippen LogP contribution in [0.1, 0.15) is 25.7 Å². The Balaban J connectivity index is 1.85. The van der Waals surface area contributed by atoms with Gasteiger partial charge in [-0.25, -0.2) is 0 Å². The molecule has 0 bridgehead atoms. The Morgan fingerprint density at radius 3 is 2.57 bits per heavy atom. The molecule has 0 unspecified atom stereocenters. The molecule has 3 aromatic rings. The maximum absolute atomic E-state index is 12.7. The molecule has 0 radical (unpaired) electrons. The summed E-state index contributed by atoms with van der Waals surface area (Å²) in [6.45, 7) is 0. The summed E-state index contributed by atoms with van der Waals surface area (Å²) >= 11 is 6.26. The molecule has 146 valence electrons. The van der Waals surface area contributed by atoms with E-state index in [1.165, 1.54) is 6.07 Å². The number of phenols is 2. The Labute approximate surface area is 165 Å². The molecule has 1 heterocycles. The molecule has 2 aromatic carbocycles.